The van der Waals surface area contributed by atoms with Gasteiger partial charge in [-0.2, -0.15) is 0 Å². The molecule has 3 N–H and O–H groups in total. The van der Waals surface area contributed by atoms with Crippen molar-refractivity contribution in [3.63, 3.8) is 0 Å². The summed E-state index contributed by atoms with van der Waals surface area (Å²) in [5, 5.41) is 25.8. The van der Waals surface area contributed by atoms with Crippen molar-refractivity contribution in [2.45, 2.75) is 37.3 Å². The van der Waals surface area contributed by atoms with Crippen LogP contribution in [0.1, 0.15) is 41.6 Å². The number of carbonyl (C=O) groups is 3. The molecule has 14 heteroatoms. The first-order valence-corrected chi connectivity index (χ1v) is 15.6. The number of benzene rings is 2. The molecule has 2 aliphatic heterocycles. The number of phenolic OH excluding ortho intramolecular Hbond substituents is 1. The Morgan fingerprint density at radius 1 is 1.11 bits per heavy atom. The molecule has 0 radical (unpaired) electrons. The van der Waals surface area contributed by atoms with Crippen molar-refractivity contribution in [2.24, 2.45) is 5.92 Å². The molecule has 4 atom stereocenters. The van der Waals surface area contributed by atoms with Crippen LogP contribution in [0.4, 0.5) is 0 Å². The number of aromatic hydroxyl groups is 1. The van der Waals surface area contributed by atoms with E-state index in [1.165, 1.54) is 51.7 Å². The van der Waals surface area contributed by atoms with Gasteiger partial charge in [-0.15, -0.1) is 0 Å². The first-order valence-electron chi connectivity index (χ1n) is 13.5. The highest BCUT2D eigenvalue weighted by atomic mass is 35.5. The summed E-state index contributed by atoms with van der Waals surface area (Å²) in [6, 6.07) is 4.78. The molecule has 2 heterocycles. The van der Waals surface area contributed by atoms with Gasteiger partial charge in [-0.3, -0.25) is 14.4 Å². The summed E-state index contributed by atoms with van der Waals surface area (Å²) in [7, 11) is 0.562. The highest BCUT2D eigenvalue weighted by molar-refractivity contribution is 7.94. The van der Waals surface area contributed by atoms with Crippen LogP contribution in [0.3, 0.4) is 0 Å². The highest BCUT2D eigenvalue weighted by Gasteiger charge is 2.61. The van der Waals surface area contributed by atoms with Crippen molar-refractivity contribution in [3.8, 4) is 28.7 Å². The molecule has 44 heavy (non-hydrogen) atoms. The van der Waals surface area contributed by atoms with Crippen LogP contribution < -0.4 is 24.3 Å². The van der Waals surface area contributed by atoms with E-state index in [2.05, 4.69) is 5.32 Å². The number of rotatable bonds is 8. The number of halogens is 1. The Morgan fingerprint density at radius 2 is 1.80 bits per heavy atom. The summed E-state index contributed by atoms with van der Waals surface area (Å²) in [5.74, 6) is -4.96. The third-order valence-electron chi connectivity index (χ3n) is 8.13. The van der Waals surface area contributed by atoms with Crippen molar-refractivity contribution < 1.29 is 52.0 Å². The molecule has 1 aliphatic carbocycles. The zero-order valence-corrected chi connectivity index (χ0v) is 25.7. The molecule has 234 valence electrons. The van der Waals surface area contributed by atoms with Crippen LogP contribution in [0.25, 0.3) is 0 Å². The second-order valence-corrected chi connectivity index (χ2v) is 13.1. The zero-order chi connectivity index (χ0) is 32.1. The average Bonchev–Trinajstić information content (AvgIpc) is 3.48. The Balaban J connectivity index is 1.65. The lowest BCUT2D eigenvalue weighted by Gasteiger charge is -2.38. The minimum atomic E-state index is -3.47. The number of hydrogen-bond donors (Lipinski definition) is 3. The number of amides is 1. The van der Waals surface area contributed by atoms with E-state index in [4.69, 9.17) is 30.5 Å². The van der Waals surface area contributed by atoms with Gasteiger partial charge in [0.2, 0.25) is 17.3 Å². The van der Waals surface area contributed by atoms with Crippen molar-refractivity contribution in [3.05, 3.63) is 63.2 Å². The van der Waals surface area contributed by atoms with Crippen LogP contribution in [0.15, 0.2) is 47.1 Å². The van der Waals surface area contributed by atoms with E-state index in [1.54, 1.807) is 6.92 Å². The lowest BCUT2D eigenvalue weighted by molar-refractivity contribution is -0.122. The lowest BCUT2D eigenvalue weighted by Crippen LogP contribution is -2.53. The fourth-order valence-electron chi connectivity index (χ4n) is 5.95. The smallest absolute Gasteiger partial charge is 0.231 e. The number of ketones is 2. The van der Waals surface area contributed by atoms with Crippen LogP contribution in [0.5, 0.6) is 28.7 Å². The molecule has 12 nitrogen and oxygen atoms in total. The van der Waals surface area contributed by atoms with Crippen molar-refractivity contribution in [2.75, 3.05) is 27.1 Å². The van der Waals surface area contributed by atoms with Gasteiger partial charge in [0.05, 0.1) is 33.1 Å². The normalized spacial score (nSPS) is 24.2. The summed E-state index contributed by atoms with van der Waals surface area (Å²) in [4.78, 5) is 41.2. The number of hydrogen-bond acceptors (Lipinski definition) is 11. The molecule has 0 fully saturated rings. The molecule has 0 saturated heterocycles. The van der Waals surface area contributed by atoms with Crippen LogP contribution >= 0.6 is 11.6 Å². The van der Waals surface area contributed by atoms with Crippen LogP contribution in [-0.2, 0) is 19.4 Å². The molecule has 0 saturated carbocycles. The maximum atomic E-state index is 14.2. The minimum absolute atomic E-state index is 0.0355. The van der Waals surface area contributed by atoms with Gasteiger partial charge in [-0.25, -0.2) is 8.42 Å². The number of sulfone groups is 1. The van der Waals surface area contributed by atoms with Crippen LogP contribution in [0, 0.1) is 5.92 Å². The number of fused-ring (bicyclic) bond motifs is 1. The molecule has 0 aromatic heterocycles. The molecule has 5 rings (SSSR count). The highest BCUT2D eigenvalue weighted by Crippen LogP contribution is 2.56. The van der Waals surface area contributed by atoms with Crippen molar-refractivity contribution >= 4 is 38.9 Å². The number of Topliss-reactive ketones (excluding diaryl/α,β-unsaturated/α-hetero) is 2. The van der Waals surface area contributed by atoms with E-state index in [0.29, 0.717) is 5.56 Å². The van der Waals surface area contributed by atoms with E-state index in [9.17, 15) is 33.0 Å². The summed E-state index contributed by atoms with van der Waals surface area (Å²) in [6.45, 7) is 1.57. The van der Waals surface area contributed by atoms with Gasteiger partial charge in [0.25, 0.3) is 0 Å². The van der Waals surface area contributed by atoms with Gasteiger partial charge >= 0.3 is 0 Å². The fraction of sp³-hybridized carbons (Fsp3) is 0.367. The largest absolute Gasteiger partial charge is 0.507 e. The van der Waals surface area contributed by atoms with Crippen LogP contribution in [-0.4, -0.2) is 74.8 Å². The van der Waals surface area contributed by atoms with Crippen molar-refractivity contribution in [1.82, 2.24) is 5.32 Å². The van der Waals surface area contributed by atoms with Gasteiger partial charge < -0.3 is 34.5 Å². The lowest BCUT2D eigenvalue weighted by atomic mass is 9.69. The van der Waals surface area contributed by atoms with Gasteiger partial charge in [-0.1, -0.05) is 24.6 Å². The van der Waals surface area contributed by atoms with Gasteiger partial charge in [0.15, 0.2) is 38.6 Å². The van der Waals surface area contributed by atoms with E-state index in [0.717, 1.165) is 5.41 Å². The monoisotopic (exact) mass is 647 g/mol. The number of methoxy groups -OCH3 is 3. The standard InChI is InChI=1S/C30H30ClNO11S/c1-14-9-19(34)24(28(36)30(14)29(37)25-21(41-3)12-22(42-4)26(31)27(25)43-30)17(15-5-6-18(33)20(10-15)40-2)11-23(35)32-16-7-8-44(38,39)13-16/h5-8,10,12,14,16-17,33,36H,9,11,13H2,1-4H3,(H,32,35)/t14-,16?,17?,30+/m1/s1. The predicted octanol–water partition coefficient (Wildman–Crippen LogP) is 3.41. The third kappa shape index (κ3) is 5.03. The maximum Gasteiger partial charge on any atom is 0.231 e. The Bertz CT molecular complexity index is 1750. The fourth-order valence-corrected chi connectivity index (χ4v) is 7.45. The summed E-state index contributed by atoms with van der Waals surface area (Å²) < 4.78 is 45.9. The summed E-state index contributed by atoms with van der Waals surface area (Å²) in [5.41, 5.74) is -2.10. The molecule has 1 amide bonds. The zero-order valence-electron chi connectivity index (χ0n) is 24.2. The van der Waals surface area contributed by atoms with Gasteiger partial charge in [-0.05, 0) is 23.8 Å². The average molecular weight is 648 g/mol. The first kappa shape index (κ1) is 31.2. The number of carbonyl (C=O) groups excluding carboxylic acids is 3. The third-order valence-corrected chi connectivity index (χ3v) is 9.89. The number of allylic oxidation sites excluding steroid dienone is 1. The Morgan fingerprint density at radius 3 is 2.41 bits per heavy atom. The van der Waals surface area contributed by atoms with E-state index >= 15 is 0 Å². The SMILES string of the molecule is COc1cc(C(CC(=O)NC2C=CS(=O)(=O)C2)C2=C(O)[C@@]3(Oc4c(Cl)c(OC)cc(OC)c4C3=O)[C@H](C)CC2=O)ccc1O. The van der Waals surface area contributed by atoms with E-state index in [-0.39, 0.29) is 57.1 Å². The molecular formula is C30H30ClNO11S. The molecule has 2 unspecified atom stereocenters. The second-order valence-electron chi connectivity index (χ2n) is 10.8. The number of aliphatic hydroxyl groups is 1. The first-order chi connectivity index (χ1) is 20.8. The van der Waals surface area contributed by atoms with Crippen molar-refractivity contribution in [1.29, 1.82) is 0 Å². The topological polar surface area (TPSA) is 175 Å². The summed E-state index contributed by atoms with van der Waals surface area (Å²) >= 11 is 6.53. The maximum absolute atomic E-state index is 14.2. The number of aliphatic hydroxyl groups excluding tert-OH is 1. The quantitative estimate of drug-likeness (QED) is 0.383. The molecule has 2 aromatic carbocycles. The van der Waals surface area contributed by atoms with Gasteiger partial charge in [0.1, 0.15) is 22.1 Å². The Kier molecular flexibility index (Phi) is 8.06. The number of nitrogens with one attached hydrogen (secondary N) is 1. The second kappa shape index (κ2) is 11.4. The van der Waals surface area contributed by atoms with E-state index in [1.807, 2.05) is 0 Å². The Hall–Kier alpha value is -4.23. The number of phenols is 1. The van der Waals surface area contributed by atoms with E-state index < -0.39 is 63.0 Å². The molecular weight excluding hydrogens is 618 g/mol. The van der Waals surface area contributed by atoms with Crippen LogP contribution in [0.2, 0.25) is 5.02 Å². The predicted molar refractivity (Wildman–Crippen MR) is 158 cm³/mol. The molecule has 0 bridgehead atoms. The molecule has 3 aliphatic rings. The molecule has 1 spiro atoms. The minimum Gasteiger partial charge on any atom is -0.507 e. The van der Waals surface area contributed by atoms with Gasteiger partial charge in [0, 0.05) is 41.7 Å². The summed E-state index contributed by atoms with van der Waals surface area (Å²) in [6.07, 6.45) is 0.665. The number of ether oxygens (including phenoxy) is 4. The molecule has 2 aromatic rings. The Labute approximate surface area is 258 Å².